The van der Waals surface area contributed by atoms with E-state index < -0.39 is 0 Å². The summed E-state index contributed by atoms with van der Waals surface area (Å²) in [6.07, 6.45) is 4.19. The Kier molecular flexibility index (Phi) is 5.99. The molecule has 0 fully saturated rings. The van der Waals surface area contributed by atoms with Crippen molar-refractivity contribution in [2.45, 2.75) is 26.7 Å². The maximum atomic E-state index is 4.43. The van der Waals surface area contributed by atoms with Crippen LogP contribution in [0.4, 0.5) is 0 Å². The molecule has 1 N–H and O–H groups in total. The van der Waals surface area contributed by atoms with Crippen molar-refractivity contribution in [2.24, 2.45) is 11.8 Å². The zero-order chi connectivity index (χ0) is 12.0. The fourth-order valence-corrected chi connectivity index (χ4v) is 2.25. The Morgan fingerprint density at radius 3 is 2.62 bits per heavy atom. The molecule has 0 bridgehead atoms. The van der Waals surface area contributed by atoms with Crippen LogP contribution in [0.1, 0.15) is 26.0 Å². The molecule has 1 heterocycles. The summed E-state index contributed by atoms with van der Waals surface area (Å²) < 4.78 is 1.05. The number of hydrogen-bond donors (Lipinski definition) is 1. The highest BCUT2D eigenvalue weighted by Gasteiger charge is 2.11. The van der Waals surface area contributed by atoms with Crippen molar-refractivity contribution >= 4 is 15.9 Å². The van der Waals surface area contributed by atoms with E-state index in [0.29, 0.717) is 5.92 Å². The number of nitrogens with zero attached hydrogens (tertiary/aromatic N) is 1. The number of nitrogens with one attached hydrogen (secondary N) is 1. The molecule has 0 saturated carbocycles. The number of halogens is 1. The van der Waals surface area contributed by atoms with Gasteiger partial charge in [-0.2, -0.15) is 0 Å². The smallest absolute Gasteiger partial charge is 0.0413 e. The van der Waals surface area contributed by atoms with Crippen LogP contribution in [0.25, 0.3) is 0 Å². The first kappa shape index (κ1) is 13.7. The van der Waals surface area contributed by atoms with Gasteiger partial charge in [-0.05, 0) is 66.3 Å². The van der Waals surface area contributed by atoms with Gasteiger partial charge < -0.3 is 5.32 Å². The lowest BCUT2D eigenvalue weighted by atomic mass is 9.92. The second-order valence-corrected chi connectivity index (χ2v) is 5.64. The standard InChI is InChI=1S/C13H21BrN2/c1-10(2)6-11(8-15-3)7-13-5-4-12(14)9-16-13/h4-5,9-11,15H,6-8H2,1-3H3. The summed E-state index contributed by atoms with van der Waals surface area (Å²) >= 11 is 3.41. The Morgan fingerprint density at radius 1 is 1.38 bits per heavy atom. The minimum Gasteiger partial charge on any atom is -0.319 e. The Hall–Kier alpha value is -0.410. The van der Waals surface area contributed by atoms with Crippen molar-refractivity contribution in [3.8, 4) is 0 Å². The first-order valence-corrected chi connectivity index (χ1v) is 6.66. The van der Waals surface area contributed by atoms with E-state index in [1.807, 2.05) is 13.2 Å². The molecule has 0 aliphatic carbocycles. The van der Waals surface area contributed by atoms with Crippen LogP contribution in [0.5, 0.6) is 0 Å². The topological polar surface area (TPSA) is 24.9 Å². The Balaban J connectivity index is 2.56. The molecular formula is C13H21BrN2. The number of hydrogen-bond acceptors (Lipinski definition) is 2. The zero-order valence-electron chi connectivity index (χ0n) is 10.3. The maximum Gasteiger partial charge on any atom is 0.0413 e. The van der Waals surface area contributed by atoms with Crippen molar-refractivity contribution < 1.29 is 0 Å². The third kappa shape index (κ3) is 5.08. The van der Waals surface area contributed by atoms with E-state index in [2.05, 4.69) is 52.2 Å². The highest BCUT2D eigenvalue weighted by atomic mass is 79.9. The van der Waals surface area contributed by atoms with Crippen molar-refractivity contribution in [3.05, 3.63) is 28.5 Å². The number of aromatic nitrogens is 1. The fraction of sp³-hybridized carbons (Fsp3) is 0.615. The SMILES string of the molecule is CNCC(Cc1ccc(Br)cn1)CC(C)C. The van der Waals surface area contributed by atoms with E-state index in [-0.39, 0.29) is 0 Å². The molecule has 0 radical (unpaired) electrons. The first-order valence-electron chi connectivity index (χ1n) is 5.86. The lowest BCUT2D eigenvalue weighted by molar-refractivity contribution is 0.392. The summed E-state index contributed by atoms with van der Waals surface area (Å²) in [4.78, 5) is 4.43. The summed E-state index contributed by atoms with van der Waals surface area (Å²) in [5, 5.41) is 3.27. The van der Waals surface area contributed by atoms with Gasteiger partial charge in [-0.15, -0.1) is 0 Å². The summed E-state index contributed by atoms with van der Waals surface area (Å²) in [6.45, 7) is 5.62. The summed E-state index contributed by atoms with van der Waals surface area (Å²) in [6, 6.07) is 4.17. The molecule has 1 atom stereocenters. The largest absolute Gasteiger partial charge is 0.319 e. The lowest BCUT2D eigenvalue weighted by Gasteiger charge is -2.18. The molecule has 0 amide bonds. The van der Waals surface area contributed by atoms with E-state index in [1.165, 1.54) is 12.1 Å². The fourth-order valence-electron chi connectivity index (χ4n) is 2.02. The van der Waals surface area contributed by atoms with Crippen molar-refractivity contribution in [1.29, 1.82) is 0 Å². The van der Waals surface area contributed by atoms with Crippen molar-refractivity contribution in [3.63, 3.8) is 0 Å². The van der Waals surface area contributed by atoms with Gasteiger partial charge in [0.1, 0.15) is 0 Å². The molecule has 90 valence electrons. The van der Waals surface area contributed by atoms with Gasteiger partial charge in [-0.3, -0.25) is 4.98 Å². The molecule has 1 unspecified atom stereocenters. The van der Waals surface area contributed by atoms with Crippen LogP contribution in [-0.4, -0.2) is 18.6 Å². The van der Waals surface area contributed by atoms with Crippen LogP contribution in [0.3, 0.4) is 0 Å². The van der Waals surface area contributed by atoms with E-state index in [0.717, 1.165) is 23.4 Å². The van der Waals surface area contributed by atoms with Gasteiger partial charge in [0.15, 0.2) is 0 Å². The molecule has 0 saturated heterocycles. The third-order valence-corrected chi connectivity index (χ3v) is 3.05. The molecule has 3 heteroatoms. The molecule has 0 aliphatic rings. The molecule has 16 heavy (non-hydrogen) atoms. The van der Waals surface area contributed by atoms with Crippen LogP contribution in [0.15, 0.2) is 22.8 Å². The quantitative estimate of drug-likeness (QED) is 0.867. The predicted molar refractivity (Wildman–Crippen MR) is 72.5 cm³/mol. The zero-order valence-corrected chi connectivity index (χ0v) is 11.9. The van der Waals surface area contributed by atoms with Gasteiger partial charge in [0.05, 0.1) is 0 Å². The van der Waals surface area contributed by atoms with Crippen LogP contribution < -0.4 is 5.32 Å². The van der Waals surface area contributed by atoms with E-state index >= 15 is 0 Å². The normalized spacial score (nSPS) is 13.1. The minimum atomic E-state index is 0.679. The van der Waals surface area contributed by atoms with Gasteiger partial charge in [0.25, 0.3) is 0 Å². The van der Waals surface area contributed by atoms with Crippen molar-refractivity contribution in [2.75, 3.05) is 13.6 Å². The van der Waals surface area contributed by atoms with Crippen LogP contribution in [0.2, 0.25) is 0 Å². The van der Waals surface area contributed by atoms with Crippen LogP contribution in [0, 0.1) is 11.8 Å². The molecule has 1 aromatic rings. The molecular weight excluding hydrogens is 264 g/mol. The molecule has 1 rings (SSSR count). The van der Waals surface area contributed by atoms with E-state index in [1.54, 1.807) is 0 Å². The highest BCUT2D eigenvalue weighted by molar-refractivity contribution is 9.10. The number of rotatable bonds is 6. The lowest BCUT2D eigenvalue weighted by Crippen LogP contribution is -2.22. The van der Waals surface area contributed by atoms with Crippen LogP contribution >= 0.6 is 15.9 Å². The Labute approximate surface area is 107 Å². The van der Waals surface area contributed by atoms with Gasteiger partial charge in [-0.1, -0.05) is 13.8 Å². The molecule has 0 spiro atoms. The van der Waals surface area contributed by atoms with Gasteiger partial charge in [0.2, 0.25) is 0 Å². The van der Waals surface area contributed by atoms with Gasteiger partial charge in [-0.25, -0.2) is 0 Å². The second-order valence-electron chi connectivity index (χ2n) is 4.73. The summed E-state index contributed by atoms with van der Waals surface area (Å²) in [5.41, 5.74) is 1.18. The second kappa shape index (κ2) is 7.02. The Morgan fingerprint density at radius 2 is 2.12 bits per heavy atom. The first-order chi connectivity index (χ1) is 7.61. The van der Waals surface area contributed by atoms with E-state index in [9.17, 15) is 0 Å². The molecule has 0 aromatic carbocycles. The van der Waals surface area contributed by atoms with Crippen molar-refractivity contribution in [1.82, 2.24) is 10.3 Å². The monoisotopic (exact) mass is 284 g/mol. The maximum absolute atomic E-state index is 4.43. The van der Waals surface area contributed by atoms with Gasteiger partial charge in [0, 0.05) is 16.4 Å². The summed E-state index contributed by atoms with van der Waals surface area (Å²) in [5.74, 6) is 1.42. The van der Waals surface area contributed by atoms with Gasteiger partial charge >= 0.3 is 0 Å². The summed E-state index contributed by atoms with van der Waals surface area (Å²) in [7, 11) is 2.02. The third-order valence-electron chi connectivity index (χ3n) is 2.58. The highest BCUT2D eigenvalue weighted by Crippen LogP contribution is 2.16. The predicted octanol–water partition coefficient (Wildman–Crippen LogP) is 3.27. The Bertz CT molecular complexity index is 295. The molecule has 1 aromatic heterocycles. The molecule has 2 nitrogen and oxygen atoms in total. The average Bonchev–Trinajstić information content (AvgIpc) is 2.21. The number of pyridine rings is 1. The van der Waals surface area contributed by atoms with E-state index in [4.69, 9.17) is 0 Å². The average molecular weight is 285 g/mol. The minimum absolute atomic E-state index is 0.679. The molecule has 0 aliphatic heterocycles. The van der Waals surface area contributed by atoms with Crippen LogP contribution in [-0.2, 0) is 6.42 Å².